The van der Waals surface area contributed by atoms with Gasteiger partial charge in [0, 0.05) is 37.8 Å². The summed E-state index contributed by atoms with van der Waals surface area (Å²) in [6, 6.07) is 8.13. The van der Waals surface area contributed by atoms with Gasteiger partial charge in [0.25, 0.3) is 5.91 Å². The van der Waals surface area contributed by atoms with Gasteiger partial charge >= 0.3 is 0 Å². The third kappa shape index (κ3) is 7.72. The van der Waals surface area contributed by atoms with Crippen LogP contribution < -0.4 is 20.7 Å². The van der Waals surface area contributed by atoms with Crippen LogP contribution in [-0.2, 0) is 6.54 Å². The van der Waals surface area contributed by atoms with Crippen LogP contribution in [0.1, 0.15) is 59.3 Å². The van der Waals surface area contributed by atoms with Crippen molar-refractivity contribution in [2.45, 2.75) is 58.6 Å². The Morgan fingerprint density at radius 3 is 2.56 bits per heavy atom. The molecule has 0 atom stereocenters. The van der Waals surface area contributed by atoms with Crippen LogP contribution in [0, 0.1) is 13.8 Å². The van der Waals surface area contributed by atoms with Crippen molar-refractivity contribution in [3.05, 3.63) is 53.0 Å². The van der Waals surface area contributed by atoms with E-state index in [2.05, 4.69) is 46.1 Å². The molecular formula is C24H35IN4O3. The lowest BCUT2D eigenvalue weighted by molar-refractivity contribution is 0.0925. The van der Waals surface area contributed by atoms with Gasteiger partial charge in [-0.2, -0.15) is 0 Å². The fourth-order valence-corrected chi connectivity index (χ4v) is 3.69. The molecule has 1 saturated carbocycles. The van der Waals surface area contributed by atoms with Crippen molar-refractivity contribution >= 4 is 35.8 Å². The number of carbonyl (C=O) groups excluding carboxylic acids is 1. The van der Waals surface area contributed by atoms with Crippen LogP contribution in [0.15, 0.2) is 39.9 Å². The zero-order valence-electron chi connectivity index (χ0n) is 19.2. The minimum atomic E-state index is -0.181. The number of hydrogen-bond donors (Lipinski definition) is 3. The molecule has 1 aliphatic carbocycles. The summed E-state index contributed by atoms with van der Waals surface area (Å²) in [5.74, 6) is 1.88. The van der Waals surface area contributed by atoms with E-state index in [1.807, 2.05) is 6.92 Å². The predicted octanol–water partition coefficient (Wildman–Crippen LogP) is 4.32. The summed E-state index contributed by atoms with van der Waals surface area (Å²) in [7, 11) is 1.75. The van der Waals surface area contributed by atoms with Gasteiger partial charge in [-0.3, -0.25) is 9.79 Å². The van der Waals surface area contributed by atoms with E-state index in [0.29, 0.717) is 31.5 Å². The number of aliphatic imine (C=N–C) groups is 1. The number of hydrogen-bond acceptors (Lipinski definition) is 4. The summed E-state index contributed by atoms with van der Waals surface area (Å²) < 4.78 is 11.5. The fourth-order valence-electron chi connectivity index (χ4n) is 3.69. The van der Waals surface area contributed by atoms with Gasteiger partial charge < -0.3 is 25.1 Å². The fraction of sp³-hybridized carbons (Fsp3) is 0.500. The molecule has 0 spiro atoms. The zero-order chi connectivity index (χ0) is 22.1. The molecule has 0 aliphatic heterocycles. The number of nitrogens with zero attached hydrogens (tertiary/aromatic N) is 1. The van der Waals surface area contributed by atoms with Gasteiger partial charge in [-0.15, -0.1) is 24.0 Å². The lowest BCUT2D eigenvalue weighted by atomic mass is 10.1. The van der Waals surface area contributed by atoms with Crippen LogP contribution in [-0.4, -0.2) is 38.1 Å². The van der Waals surface area contributed by atoms with Gasteiger partial charge in [-0.1, -0.05) is 12.1 Å². The minimum Gasteiger partial charge on any atom is -0.490 e. The summed E-state index contributed by atoms with van der Waals surface area (Å²) in [5.41, 5.74) is 3.17. The Balaban J connectivity index is 0.00000363. The van der Waals surface area contributed by atoms with E-state index in [0.717, 1.165) is 42.1 Å². The number of furan rings is 1. The molecule has 3 N–H and O–H groups in total. The number of benzene rings is 1. The number of rotatable bonds is 9. The number of ether oxygens (including phenoxy) is 1. The molecule has 7 nitrogen and oxygen atoms in total. The molecule has 3 rings (SSSR count). The lowest BCUT2D eigenvalue weighted by Crippen LogP contribution is -2.38. The maximum Gasteiger partial charge on any atom is 0.287 e. The van der Waals surface area contributed by atoms with Crippen LogP contribution in [0.4, 0.5) is 0 Å². The number of aryl methyl sites for hydroxylation is 2. The first-order valence-electron chi connectivity index (χ1n) is 11.1. The number of guanidine groups is 1. The van der Waals surface area contributed by atoms with E-state index in [1.54, 1.807) is 13.1 Å². The summed E-state index contributed by atoms with van der Waals surface area (Å²) in [6.07, 6.45) is 7.41. The average molecular weight is 554 g/mol. The Hall–Kier alpha value is -2.23. The Bertz CT molecular complexity index is 891. The molecule has 0 bridgehead atoms. The Morgan fingerprint density at radius 1 is 1.12 bits per heavy atom. The monoisotopic (exact) mass is 554 g/mol. The molecule has 1 aromatic heterocycles. The smallest absolute Gasteiger partial charge is 0.287 e. The molecular weight excluding hydrogens is 519 g/mol. The standard InChI is InChI=1S/C24H34N4O3.HI/c1-17-9-10-19(21(15-17)31-20-7-4-5-8-20)16-28-24(25-3)27-13-6-12-26-23(29)22-18(2)11-14-30-22;/h9-11,14-15,20H,4-8,12-13,16H2,1-3H3,(H,26,29)(H2,25,27,28);1H. The van der Waals surface area contributed by atoms with Crippen LogP contribution in [0.25, 0.3) is 0 Å². The van der Waals surface area contributed by atoms with Crippen LogP contribution in [0.3, 0.4) is 0 Å². The molecule has 8 heteroatoms. The maximum absolute atomic E-state index is 12.0. The van der Waals surface area contributed by atoms with Crippen molar-refractivity contribution in [2.75, 3.05) is 20.1 Å². The minimum absolute atomic E-state index is 0. The molecule has 1 aliphatic rings. The van der Waals surface area contributed by atoms with Gasteiger partial charge in [0.2, 0.25) is 0 Å². The van der Waals surface area contributed by atoms with E-state index in [-0.39, 0.29) is 29.9 Å². The number of nitrogens with one attached hydrogen (secondary N) is 3. The van der Waals surface area contributed by atoms with Crippen molar-refractivity contribution in [1.82, 2.24) is 16.0 Å². The molecule has 1 amide bonds. The Labute approximate surface area is 207 Å². The van der Waals surface area contributed by atoms with E-state index < -0.39 is 0 Å². The van der Waals surface area contributed by atoms with Crippen molar-refractivity contribution in [3.8, 4) is 5.75 Å². The summed E-state index contributed by atoms with van der Waals surface area (Å²) in [4.78, 5) is 16.3. The molecule has 2 aromatic rings. The first-order valence-corrected chi connectivity index (χ1v) is 11.1. The topological polar surface area (TPSA) is 87.9 Å². The highest BCUT2D eigenvalue weighted by Gasteiger charge is 2.18. The van der Waals surface area contributed by atoms with Crippen LogP contribution in [0.5, 0.6) is 5.75 Å². The van der Waals surface area contributed by atoms with Crippen LogP contribution >= 0.6 is 24.0 Å². The number of carbonyl (C=O) groups is 1. The van der Waals surface area contributed by atoms with Crippen molar-refractivity contribution in [2.24, 2.45) is 4.99 Å². The number of amides is 1. The maximum atomic E-state index is 12.0. The molecule has 0 radical (unpaired) electrons. The third-order valence-corrected chi connectivity index (χ3v) is 5.49. The Kier molecular flexibility index (Phi) is 10.9. The predicted molar refractivity (Wildman–Crippen MR) is 138 cm³/mol. The highest BCUT2D eigenvalue weighted by atomic mass is 127. The second-order valence-electron chi connectivity index (χ2n) is 8.03. The number of halogens is 1. The van der Waals surface area contributed by atoms with Gasteiger partial charge in [-0.25, -0.2) is 0 Å². The molecule has 1 aromatic carbocycles. The second-order valence-corrected chi connectivity index (χ2v) is 8.03. The SMILES string of the molecule is CN=C(NCCCNC(=O)c1occc1C)NCc1ccc(C)cc1OC1CCCC1.I. The van der Waals surface area contributed by atoms with E-state index in [9.17, 15) is 4.79 Å². The summed E-state index contributed by atoms with van der Waals surface area (Å²) in [5, 5.41) is 9.52. The largest absolute Gasteiger partial charge is 0.490 e. The third-order valence-electron chi connectivity index (χ3n) is 5.49. The van der Waals surface area contributed by atoms with Crippen molar-refractivity contribution < 1.29 is 13.9 Å². The summed E-state index contributed by atoms with van der Waals surface area (Å²) >= 11 is 0. The Morgan fingerprint density at radius 2 is 1.88 bits per heavy atom. The zero-order valence-corrected chi connectivity index (χ0v) is 21.5. The van der Waals surface area contributed by atoms with Gasteiger partial charge in [-0.05, 0) is 63.6 Å². The molecule has 0 unspecified atom stereocenters. The van der Waals surface area contributed by atoms with Crippen LogP contribution in [0.2, 0.25) is 0 Å². The first kappa shape index (κ1) is 26.0. The first-order chi connectivity index (χ1) is 15.1. The van der Waals surface area contributed by atoms with E-state index >= 15 is 0 Å². The van der Waals surface area contributed by atoms with Gasteiger partial charge in [0.1, 0.15) is 5.75 Å². The normalized spacial score (nSPS) is 14.0. The second kappa shape index (κ2) is 13.3. The van der Waals surface area contributed by atoms with Crippen molar-refractivity contribution in [1.29, 1.82) is 0 Å². The molecule has 176 valence electrons. The quantitative estimate of drug-likeness (QED) is 0.186. The van der Waals surface area contributed by atoms with E-state index in [4.69, 9.17) is 9.15 Å². The average Bonchev–Trinajstić information content (AvgIpc) is 3.42. The molecule has 1 heterocycles. The van der Waals surface area contributed by atoms with E-state index in [1.165, 1.54) is 24.7 Å². The lowest BCUT2D eigenvalue weighted by Gasteiger charge is -2.18. The van der Waals surface area contributed by atoms with Gasteiger partial charge in [0.15, 0.2) is 11.7 Å². The highest BCUT2D eigenvalue weighted by molar-refractivity contribution is 14.0. The highest BCUT2D eigenvalue weighted by Crippen LogP contribution is 2.27. The molecule has 1 fully saturated rings. The molecule has 32 heavy (non-hydrogen) atoms. The van der Waals surface area contributed by atoms with Gasteiger partial charge in [0.05, 0.1) is 12.4 Å². The molecule has 0 saturated heterocycles. The summed E-state index contributed by atoms with van der Waals surface area (Å²) in [6.45, 7) is 5.83. The van der Waals surface area contributed by atoms with Crippen molar-refractivity contribution in [3.63, 3.8) is 0 Å².